The van der Waals surface area contributed by atoms with E-state index in [9.17, 15) is 10.2 Å². The molecule has 0 unspecified atom stereocenters. The molecule has 134 valence electrons. The van der Waals surface area contributed by atoms with E-state index < -0.39 is 11.7 Å². The third-order valence-electron chi connectivity index (χ3n) is 5.75. The minimum atomic E-state index is -0.592. The average Bonchev–Trinajstić information content (AvgIpc) is 3.14. The standard InChI is InChI=1S/C19H34O4/c1-7-14-10-15(20)13(3)23-17(14)22-12(2)8-9-19(6)11-16(19)18(4,5)21/h7,12-17,20-21H,1,8-11H2,2-6H3/t12-,13+,14-,15-,16-,17-,19+/m1/s1. The fourth-order valence-electron chi connectivity index (χ4n) is 3.94. The predicted octanol–water partition coefficient (Wildman–Crippen LogP) is 3.27. The SMILES string of the molecule is C=C[C@@H]1C[C@@H](O)[C@H](C)O[C@H]1O[C@H](C)CC[C@@]1(C)C[C@@H]1C(C)(C)O. The molecule has 0 radical (unpaired) electrons. The Balaban J connectivity index is 1.81. The topological polar surface area (TPSA) is 58.9 Å². The molecule has 0 aromatic heterocycles. The van der Waals surface area contributed by atoms with Crippen LogP contribution in [0.15, 0.2) is 12.7 Å². The second-order valence-electron chi connectivity index (χ2n) is 8.46. The molecular weight excluding hydrogens is 292 g/mol. The van der Waals surface area contributed by atoms with Crippen LogP contribution in [0.4, 0.5) is 0 Å². The summed E-state index contributed by atoms with van der Waals surface area (Å²) in [6.45, 7) is 13.8. The number of aliphatic hydroxyl groups is 2. The lowest BCUT2D eigenvalue weighted by atomic mass is 9.90. The van der Waals surface area contributed by atoms with Gasteiger partial charge in [0.25, 0.3) is 0 Å². The Morgan fingerprint density at radius 3 is 2.65 bits per heavy atom. The highest BCUT2D eigenvalue weighted by Gasteiger charge is 2.56. The van der Waals surface area contributed by atoms with Gasteiger partial charge in [0.15, 0.2) is 6.29 Å². The lowest BCUT2D eigenvalue weighted by molar-refractivity contribution is -0.250. The summed E-state index contributed by atoms with van der Waals surface area (Å²) in [7, 11) is 0. The Hall–Kier alpha value is -0.420. The van der Waals surface area contributed by atoms with Gasteiger partial charge in [0.1, 0.15) is 0 Å². The fraction of sp³-hybridized carbons (Fsp3) is 0.895. The van der Waals surface area contributed by atoms with Gasteiger partial charge in [-0.2, -0.15) is 0 Å². The molecule has 1 heterocycles. The summed E-state index contributed by atoms with van der Waals surface area (Å²) in [5.74, 6) is 0.411. The Labute approximate surface area is 140 Å². The number of rotatable bonds is 7. The minimum absolute atomic E-state index is 0.0317. The number of aliphatic hydroxyl groups excluding tert-OH is 1. The Kier molecular flexibility index (Phi) is 5.62. The summed E-state index contributed by atoms with van der Waals surface area (Å²) in [5, 5.41) is 20.1. The van der Waals surface area contributed by atoms with Crippen molar-refractivity contribution in [3.8, 4) is 0 Å². The molecule has 0 bridgehead atoms. The molecule has 1 saturated heterocycles. The van der Waals surface area contributed by atoms with Crippen LogP contribution >= 0.6 is 0 Å². The molecule has 2 fully saturated rings. The summed E-state index contributed by atoms with van der Waals surface area (Å²) >= 11 is 0. The highest BCUT2D eigenvalue weighted by atomic mass is 16.7. The summed E-state index contributed by atoms with van der Waals surface area (Å²) in [4.78, 5) is 0. The van der Waals surface area contributed by atoms with E-state index in [1.54, 1.807) is 0 Å². The van der Waals surface area contributed by atoms with Gasteiger partial charge in [-0.1, -0.05) is 13.0 Å². The maximum atomic E-state index is 10.2. The second-order valence-corrected chi connectivity index (χ2v) is 8.46. The van der Waals surface area contributed by atoms with Crippen LogP contribution in [-0.2, 0) is 9.47 Å². The molecule has 4 nitrogen and oxygen atoms in total. The molecule has 1 aliphatic heterocycles. The van der Waals surface area contributed by atoms with Crippen LogP contribution in [0.3, 0.4) is 0 Å². The van der Waals surface area contributed by atoms with Gasteiger partial charge in [0.2, 0.25) is 0 Å². The van der Waals surface area contributed by atoms with E-state index in [1.807, 2.05) is 26.8 Å². The quantitative estimate of drug-likeness (QED) is 0.705. The van der Waals surface area contributed by atoms with Crippen LogP contribution in [0, 0.1) is 17.3 Å². The summed E-state index contributed by atoms with van der Waals surface area (Å²) < 4.78 is 11.9. The van der Waals surface area contributed by atoms with Gasteiger partial charge in [-0.25, -0.2) is 0 Å². The van der Waals surface area contributed by atoms with Crippen molar-refractivity contribution in [1.82, 2.24) is 0 Å². The number of hydrogen-bond donors (Lipinski definition) is 2. The third kappa shape index (κ3) is 4.56. The zero-order chi connectivity index (χ0) is 17.4. The molecule has 1 saturated carbocycles. The molecule has 0 aromatic rings. The molecule has 2 N–H and O–H groups in total. The second kappa shape index (κ2) is 6.83. The number of ether oxygens (including phenoxy) is 2. The van der Waals surface area contributed by atoms with Gasteiger partial charge in [0, 0.05) is 5.92 Å². The van der Waals surface area contributed by atoms with Crippen molar-refractivity contribution in [2.45, 2.75) is 90.5 Å². The van der Waals surface area contributed by atoms with Crippen LogP contribution in [0.5, 0.6) is 0 Å². The van der Waals surface area contributed by atoms with Gasteiger partial charge >= 0.3 is 0 Å². The highest BCUT2D eigenvalue weighted by molar-refractivity contribution is 5.06. The van der Waals surface area contributed by atoms with Crippen molar-refractivity contribution < 1.29 is 19.7 Å². The predicted molar refractivity (Wildman–Crippen MR) is 90.9 cm³/mol. The van der Waals surface area contributed by atoms with Gasteiger partial charge in [-0.3, -0.25) is 0 Å². The first kappa shape index (κ1) is 18.9. The maximum Gasteiger partial charge on any atom is 0.164 e. The van der Waals surface area contributed by atoms with Gasteiger partial charge in [0.05, 0.1) is 23.9 Å². The van der Waals surface area contributed by atoms with Crippen LogP contribution in [0.1, 0.15) is 60.3 Å². The van der Waals surface area contributed by atoms with Crippen LogP contribution < -0.4 is 0 Å². The van der Waals surface area contributed by atoms with Crippen molar-refractivity contribution in [3.63, 3.8) is 0 Å². The van der Waals surface area contributed by atoms with Crippen molar-refractivity contribution in [2.75, 3.05) is 0 Å². The molecule has 0 amide bonds. The molecule has 7 atom stereocenters. The molecule has 4 heteroatoms. The van der Waals surface area contributed by atoms with E-state index in [1.165, 1.54) is 0 Å². The summed E-state index contributed by atoms with van der Waals surface area (Å²) in [6, 6.07) is 0. The molecule has 2 aliphatic rings. The first-order chi connectivity index (χ1) is 10.6. The van der Waals surface area contributed by atoms with E-state index in [0.29, 0.717) is 12.3 Å². The van der Waals surface area contributed by atoms with Gasteiger partial charge < -0.3 is 19.7 Å². The first-order valence-corrected chi connectivity index (χ1v) is 8.91. The highest BCUT2D eigenvalue weighted by Crippen LogP contribution is 2.60. The van der Waals surface area contributed by atoms with Gasteiger partial charge in [-0.15, -0.1) is 6.58 Å². The molecule has 2 rings (SSSR count). The summed E-state index contributed by atoms with van der Waals surface area (Å²) in [5.41, 5.74) is -0.366. The smallest absolute Gasteiger partial charge is 0.164 e. The molecular formula is C19H34O4. The fourth-order valence-corrected chi connectivity index (χ4v) is 3.94. The van der Waals surface area contributed by atoms with Gasteiger partial charge in [-0.05, 0) is 64.7 Å². The van der Waals surface area contributed by atoms with Crippen LogP contribution in [-0.4, -0.2) is 40.4 Å². The van der Waals surface area contributed by atoms with Crippen molar-refractivity contribution in [3.05, 3.63) is 12.7 Å². The van der Waals surface area contributed by atoms with Crippen LogP contribution in [0.25, 0.3) is 0 Å². The van der Waals surface area contributed by atoms with Crippen LogP contribution in [0.2, 0.25) is 0 Å². The monoisotopic (exact) mass is 326 g/mol. The molecule has 0 aromatic carbocycles. The Morgan fingerprint density at radius 1 is 1.48 bits per heavy atom. The minimum Gasteiger partial charge on any atom is -0.390 e. The molecule has 0 spiro atoms. The normalized spacial score (nSPS) is 42.3. The van der Waals surface area contributed by atoms with E-state index >= 15 is 0 Å². The van der Waals surface area contributed by atoms with Crippen molar-refractivity contribution >= 4 is 0 Å². The lowest BCUT2D eigenvalue weighted by Gasteiger charge is -2.38. The van der Waals surface area contributed by atoms with E-state index in [0.717, 1.165) is 19.3 Å². The van der Waals surface area contributed by atoms with E-state index in [-0.39, 0.29) is 29.8 Å². The van der Waals surface area contributed by atoms with E-state index in [4.69, 9.17) is 9.47 Å². The average molecular weight is 326 g/mol. The zero-order valence-electron chi connectivity index (χ0n) is 15.3. The summed E-state index contributed by atoms with van der Waals surface area (Å²) in [6.07, 6.45) is 4.65. The third-order valence-corrected chi connectivity index (χ3v) is 5.75. The molecule has 23 heavy (non-hydrogen) atoms. The van der Waals surface area contributed by atoms with E-state index in [2.05, 4.69) is 20.4 Å². The van der Waals surface area contributed by atoms with Crippen molar-refractivity contribution in [2.24, 2.45) is 17.3 Å². The number of hydrogen-bond acceptors (Lipinski definition) is 4. The maximum absolute atomic E-state index is 10.2. The lowest BCUT2D eigenvalue weighted by Crippen LogP contribution is -2.44. The zero-order valence-corrected chi connectivity index (χ0v) is 15.3. The Morgan fingerprint density at radius 2 is 2.13 bits per heavy atom. The Bertz CT molecular complexity index is 416. The molecule has 1 aliphatic carbocycles. The largest absolute Gasteiger partial charge is 0.390 e. The first-order valence-electron chi connectivity index (χ1n) is 8.91. The van der Waals surface area contributed by atoms with Crippen molar-refractivity contribution in [1.29, 1.82) is 0 Å².